The van der Waals surface area contributed by atoms with Gasteiger partial charge in [0.05, 0.1) is 13.2 Å². The maximum atomic E-state index is 11.4. The predicted molar refractivity (Wildman–Crippen MR) is 83.8 cm³/mol. The minimum atomic E-state index is -0.0339. The Morgan fingerprint density at radius 2 is 1.75 bits per heavy atom. The monoisotopic (exact) mass is 284 g/mol. The van der Waals surface area contributed by atoms with Crippen molar-refractivity contribution in [2.45, 2.75) is 71.6 Å². The van der Waals surface area contributed by atoms with E-state index in [0.29, 0.717) is 19.6 Å². The van der Waals surface area contributed by atoms with Crippen molar-refractivity contribution in [1.29, 1.82) is 0 Å². The Bertz CT molecular complexity index is 236. The van der Waals surface area contributed by atoms with Gasteiger partial charge in [0, 0.05) is 13.0 Å². The molecule has 3 heteroatoms. The van der Waals surface area contributed by atoms with Gasteiger partial charge in [0.2, 0.25) is 0 Å². The first-order chi connectivity index (χ1) is 9.81. The second-order valence-electron chi connectivity index (χ2n) is 5.01. The number of esters is 1. The average Bonchev–Trinajstić information content (AvgIpc) is 2.45. The minimum Gasteiger partial charge on any atom is -0.466 e. The zero-order valence-electron chi connectivity index (χ0n) is 13.4. The standard InChI is InChI=1S/C17H32O3/c1-3-5-6-13-16-20-17(18)14-11-9-7-8-10-12-15-19-4-2/h10,12H,3-9,11,13-16H2,1-2H3. The molecule has 0 atom stereocenters. The van der Waals surface area contributed by atoms with Crippen LogP contribution in [0.3, 0.4) is 0 Å². The molecule has 0 unspecified atom stereocenters. The molecular weight excluding hydrogens is 252 g/mol. The van der Waals surface area contributed by atoms with Crippen LogP contribution in [-0.4, -0.2) is 25.8 Å². The van der Waals surface area contributed by atoms with Gasteiger partial charge in [0.25, 0.3) is 0 Å². The van der Waals surface area contributed by atoms with Gasteiger partial charge < -0.3 is 9.47 Å². The fourth-order valence-electron chi connectivity index (χ4n) is 1.87. The highest BCUT2D eigenvalue weighted by Gasteiger charge is 2.01. The van der Waals surface area contributed by atoms with Crippen LogP contribution in [0.15, 0.2) is 12.2 Å². The summed E-state index contributed by atoms with van der Waals surface area (Å²) in [5.74, 6) is -0.0339. The predicted octanol–water partition coefficient (Wildman–Crippen LogP) is 4.65. The molecule has 0 rings (SSSR count). The molecule has 0 aromatic carbocycles. The first-order valence-electron chi connectivity index (χ1n) is 8.19. The lowest BCUT2D eigenvalue weighted by Crippen LogP contribution is -2.05. The summed E-state index contributed by atoms with van der Waals surface area (Å²) in [5.41, 5.74) is 0. The lowest BCUT2D eigenvalue weighted by molar-refractivity contribution is -0.143. The van der Waals surface area contributed by atoms with E-state index in [1.165, 1.54) is 12.8 Å². The third kappa shape index (κ3) is 15.2. The van der Waals surface area contributed by atoms with Crippen LogP contribution in [0.25, 0.3) is 0 Å². The number of unbranched alkanes of at least 4 members (excludes halogenated alkanes) is 6. The van der Waals surface area contributed by atoms with E-state index in [1.807, 2.05) is 6.92 Å². The van der Waals surface area contributed by atoms with Crippen molar-refractivity contribution < 1.29 is 14.3 Å². The van der Waals surface area contributed by atoms with E-state index in [9.17, 15) is 4.79 Å². The molecule has 0 saturated heterocycles. The summed E-state index contributed by atoms with van der Waals surface area (Å²) >= 11 is 0. The number of hydrogen-bond donors (Lipinski definition) is 0. The Labute approximate surface area is 124 Å². The van der Waals surface area contributed by atoms with Crippen LogP contribution in [0.4, 0.5) is 0 Å². The van der Waals surface area contributed by atoms with Crippen LogP contribution < -0.4 is 0 Å². The van der Waals surface area contributed by atoms with Gasteiger partial charge in [-0.1, -0.05) is 44.8 Å². The van der Waals surface area contributed by atoms with Gasteiger partial charge in [-0.3, -0.25) is 4.79 Å². The maximum Gasteiger partial charge on any atom is 0.305 e. The SMILES string of the molecule is CCCCCCOC(=O)CCCCCC=CCOCC. The lowest BCUT2D eigenvalue weighted by atomic mass is 10.1. The highest BCUT2D eigenvalue weighted by atomic mass is 16.5. The molecule has 0 aromatic heterocycles. The van der Waals surface area contributed by atoms with Crippen molar-refractivity contribution in [2.75, 3.05) is 19.8 Å². The molecule has 0 heterocycles. The van der Waals surface area contributed by atoms with Crippen molar-refractivity contribution in [3.05, 3.63) is 12.2 Å². The third-order valence-electron chi connectivity index (χ3n) is 3.10. The summed E-state index contributed by atoms with van der Waals surface area (Å²) in [6, 6.07) is 0. The second kappa shape index (κ2) is 16.2. The topological polar surface area (TPSA) is 35.5 Å². The molecule has 0 radical (unpaired) electrons. The molecule has 0 aliphatic heterocycles. The number of carbonyl (C=O) groups is 1. The first kappa shape index (κ1) is 19.2. The number of ether oxygens (including phenoxy) is 2. The smallest absolute Gasteiger partial charge is 0.305 e. The highest BCUT2D eigenvalue weighted by Crippen LogP contribution is 2.06. The van der Waals surface area contributed by atoms with Crippen LogP contribution in [0, 0.1) is 0 Å². The van der Waals surface area contributed by atoms with Crippen LogP contribution in [-0.2, 0) is 14.3 Å². The van der Waals surface area contributed by atoms with Crippen LogP contribution >= 0.6 is 0 Å². The first-order valence-corrected chi connectivity index (χ1v) is 8.19. The molecule has 3 nitrogen and oxygen atoms in total. The van der Waals surface area contributed by atoms with E-state index in [1.54, 1.807) is 0 Å². The fourth-order valence-corrected chi connectivity index (χ4v) is 1.87. The summed E-state index contributed by atoms with van der Waals surface area (Å²) in [6.45, 7) is 6.25. The summed E-state index contributed by atoms with van der Waals surface area (Å²) in [5, 5.41) is 0. The third-order valence-corrected chi connectivity index (χ3v) is 3.10. The van der Waals surface area contributed by atoms with Crippen molar-refractivity contribution in [1.82, 2.24) is 0 Å². The summed E-state index contributed by atoms with van der Waals surface area (Å²) in [6.07, 6.45) is 13.6. The minimum absolute atomic E-state index is 0.0339. The van der Waals surface area contributed by atoms with Crippen molar-refractivity contribution in [3.63, 3.8) is 0 Å². The zero-order chi connectivity index (χ0) is 14.9. The van der Waals surface area contributed by atoms with Crippen LogP contribution in [0.1, 0.15) is 71.6 Å². The Balaban J connectivity index is 3.21. The Morgan fingerprint density at radius 1 is 0.950 bits per heavy atom. The van der Waals surface area contributed by atoms with Crippen LogP contribution in [0.2, 0.25) is 0 Å². The Kier molecular flexibility index (Phi) is 15.6. The zero-order valence-corrected chi connectivity index (χ0v) is 13.4. The van der Waals surface area contributed by atoms with E-state index in [0.717, 1.165) is 45.1 Å². The van der Waals surface area contributed by atoms with E-state index < -0.39 is 0 Å². The molecule has 0 N–H and O–H groups in total. The molecule has 20 heavy (non-hydrogen) atoms. The number of allylic oxidation sites excluding steroid dienone is 1. The fraction of sp³-hybridized carbons (Fsp3) is 0.824. The van der Waals surface area contributed by atoms with Gasteiger partial charge in [-0.15, -0.1) is 0 Å². The average molecular weight is 284 g/mol. The van der Waals surface area contributed by atoms with Crippen LogP contribution in [0.5, 0.6) is 0 Å². The summed E-state index contributed by atoms with van der Waals surface area (Å²) < 4.78 is 10.4. The van der Waals surface area contributed by atoms with Crippen molar-refractivity contribution in [2.24, 2.45) is 0 Å². The molecule has 0 bridgehead atoms. The molecule has 118 valence electrons. The molecule has 0 saturated carbocycles. The van der Waals surface area contributed by atoms with Gasteiger partial charge in [0.1, 0.15) is 0 Å². The van der Waals surface area contributed by atoms with E-state index >= 15 is 0 Å². The lowest BCUT2D eigenvalue weighted by Gasteiger charge is -2.04. The van der Waals surface area contributed by atoms with E-state index in [4.69, 9.17) is 9.47 Å². The Morgan fingerprint density at radius 3 is 2.50 bits per heavy atom. The van der Waals surface area contributed by atoms with Gasteiger partial charge in [0.15, 0.2) is 0 Å². The Hall–Kier alpha value is -0.830. The molecular formula is C17H32O3. The van der Waals surface area contributed by atoms with Crippen molar-refractivity contribution >= 4 is 5.97 Å². The van der Waals surface area contributed by atoms with Gasteiger partial charge >= 0.3 is 5.97 Å². The van der Waals surface area contributed by atoms with Gasteiger partial charge in [-0.05, 0) is 32.6 Å². The van der Waals surface area contributed by atoms with Gasteiger partial charge in [-0.2, -0.15) is 0 Å². The molecule has 0 aromatic rings. The highest BCUT2D eigenvalue weighted by molar-refractivity contribution is 5.69. The normalized spacial score (nSPS) is 11.1. The molecule has 0 fully saturated rings. The summed E-state index contributed by atoms with van der Waals surface area (Å²) in [7, 11) is 0. The van der Waals surface area contributed by atoms with Crippen molar-refractivity contribution in [3.8, 4) is 0 Å². The molecule has 0 aliphatic rings. The summed E-state index contributed by atoms with van der Waals surface area (Å²) in [4.78, 5) is 11.4. The number of hydrogen-bond acceptors (Lipinski definition) is 3. The molecule has 0 aliphatic carbocycles. The molecule has 0 spiro atoms. The largest absolute Gasteiger partial charge is 0.466 e. The second-order valence-corrected chi connectivity index (χ2v) is 5.01. The number of rotatable bonds is 14. The van der Waals surface area contributed by atoms with E-state index in [-0.39, 0.29) is 5.97 Å². The van der Waals surface area contributed by atoms with E-state index in [2.05, 4.69) is 19.1 Å². The molecule has 0 amide bonds. The van der Waals surface area contributed by atoms with Gasteiger partial charge in [-0.25, -0.2) is 0 Å². The number of carbonyl (C=O) groups excluding carboxylic acids is 1. The maximum absolute atomic E-state index is 11.4. The quantitative estimate of drug-likeness (QED) is 0.264.